The Hall–Kier alpha value is -0.316. The molecule has 1 aromatic carbocycles. The first-order chi connectivity index (χ1) is 4.93. The van der Waals surface area contributed by atoms with Crippen molar-refractivity contribution < 1.29 is 32.7 Å². The van der Waals surface area contributed by atoms with Crippen LogP contribution < -0.4 is 0 Å². The van der Waals surface area contributed by atoms with Gasteiger partial charge in [-0.15, -0.1) is 6.07 Å². The molecule has 0 unspecified atom stereocenters. The predicted octanol–water partition coefficient (Wildman–Crippen LogP) is 1.75. The molecule has 53 valence electrons. The molecule has 0 aliphatic rings. The van der Waals surface area contributed by atoms with Crippen molar-refractivity contribution in [3.8, 4) is 6.07 Å². The Balaban J connectivity index is 0.000001000. The van der Waals surface area contributed by atoms with Crippen LogP contribution in [0.4, 0.5) is 0 Å². The van der Waals surface area contributed by atoms with E-state index in [1.165, 1.54) is 0 Å². The summed E-state index contributed by atoms with van der Waals surface area (Å²) < 4.78 is 0. The van der Waals surface area contributed by atoms with Crippen molar-refractivity contribution in [2.24, 2.45) is 0 Å². The van der Waals surface area contributed by atoms with Gasteiger partial charge in [-0.3, -0.25) is 6.42 Å². The van der Waals surface area contributed by atoms with Crippen LogP contribution in [0.15, 0.2) is 24.3 Å². The summed E-state index contributed by atoms with van der Waals surface area (Å²) in [5.74, 6) is 0. The molecule has 2 heteroatoms. The molecule has 1 nitrogen and oxygen atoms in total. The van der Waals surface area contributed by atoms with Crippen LogP contribution in [0.25, 0.3) is 0 Å². The van der Waals surface area contributed by atoms with E-state index in [-0.39, 0.29) is 32.7 Å². The van der Waals surface area contributed by atoms with E-state index in [0.717, 1.165) is 5.56 Å². The van der Waals surface area contributed by atoms with Crippen LogP contribution in [0, 0.1) is 23.8 Å². The molecule has 0 aliphatic heterocycles. The average Bonchev–Trinajstić information content (AvgIpc) is 2.03. The molecule has 0 aromatic heterocycles. The van der Waals surface area contributed by atoms with Crippen LogP contribution in [0.1, 0.15) is 5.56 Å². The normalized spacial score (nSPS) is 7.55. The molecule has 0 heterocycles. The third kappa shape index (κ3) is 4.19. The fourth-order valence-corrected chi connectivity index (χ4v) is 0.713. The molecular formula is C9H7NY-2. The van der Waals surface area contributed by atoms with Gasteiger partial charge in [-0.05, 0) is 0 Å². The fraction of sp³-hybridized carbons (Fsp3) is 0.111. The Kier molecular flexibility index (Phi) is 6.21. The molecule has 11 heavy (non-hydrogen) atoms. The third-order valence-corrected chi connectivity index (χ3v) is 1.19. The fourth-order valence-electron chi connectivity index (χ4n) is 0.713. The first-order valence-electron chi connectivity index (χ1n) is 3.10. The molecule has 0 bridgehead atoms. The van der Waals surface area contributed by atoms with Crippen LogP contribution >= 0.6 is 0 Å². The van der Waals surface area contributed by atoms with Gasteiger partial charge in [-0.1, -0.05) is 0 Å². The van der Waals surface area contributed by atoms with Crippen LogP contribution in [-0.2, 0) is 39.1 Å². The Bertz CT molecular complexity index is 225. The molecule has 0 amide bonds. The third-order valence-electron chi connectivity index (χ3n) is 1.19. The van der Waals surface area contributed by atoms with Gasteiger partial charge < -0.3 is 0 Å². The van der Waals surface area contributed by atoms with Crippen molar-refractivity contribution in [3.05, 3.63) is 42.3 Å². The molecule has 0 spiro atoms. The Morgan fingerprint density at radius 3 is 2.91 bits per heavy atom. The van der Waals surface area contributed by atoms with Gasteiger partial charge >= 0.3 is 0 Å². The maximum atomic E-state index is 8.21. The molecule has 0 atom stereocenters. The summed E-state index contributed by atoms with van der Waals surface area (Å²) >= 11 is 0. The quantitative estimate of drug-likeness (QED) is 0.693. The minimum Gasteiger partial charge on any atom is -0.289 e. The van der Waals surface area contributed by atoms with E-state index >= 15 is 0 Å². The molecule has 0 saturated carbocycles. The summed E-state index contributed by atoms with van der Waals surface area (Å²) in [5, 5.41) is 8.21. The summed E-state index contributed by atoms with van der Waals surface area (Å²) in [4.78, 5) is 0. The summed E-state index contributed by atoms with van der Waals surface area (Å²) in [6.45, 7) is 0. The molecule has 0 fully saturated rings. The van der Waals surface area contributed by atoms with E-state index in [4.69, 9.17) is 5.26 Å². The van der Waals surface area contributed by atoms with Crippen LogP contribution in [-0.4, -0.2) is 0 Å². The van der Waals surface area contributed by atoms with Gasteiger partial charge in [0.1, 0.15) is 0 Å². The topological polar surface area (TPSA) is 23.8 Å². The minimum atomic E-state index is 0. The van der Waals surface area contributed by atoms with E-state index < -0.39 is 0 Å². The summed E-state index contributed by atoms with van der Waals surface area (Å²) in [7, 11) is 0. The number of benzene rings is 1. The second-order valence-electron chi connectivity index (χ2n) is 1.93. The van der Waals surface area contributed by atoms with E-state index in [0.29, 0.717) is 6.42 Å². The van der Waals surface area contributed by atoms with Gasteiger partial charge in [0, 0.05) is 32.7 Å². The van der Waals surface area contributed by atoms with Crippen molar-refractivity contribution in [2.75, 3.05) is 0 Å². The zero-order chi connectivity index (χ0) is 7.23. The summed E-state index contributed by atoms with van der Waals surface area (Å²) in [5.41, 5.74) is 1.06. The molecule has 1 rings (SSSR count). The van der Waals surface area contributed by atoms with Crippen LogP contribution in [0.2, 0.25) is 0 Å². The largest absolute Gasteiger partial charge is 0.289 e. The van der Waals surface area contributed by atoms with Crippen molar-refractivity contribution in [2.45, 2.75) is 6.42 Å². The number of hydrogen-bond acceptors (Lipinski definition) is 1. The second kappa shape index (κ2) is 6.40. The standard InChI is InChI=1S/C9H7N.Y/c10-8-4-7-9-5-2-1-3-6-9;/h1-5H,7H2;/q-2;. The Labute approximate surface area is 92.3 Å². The Morgan fingerprint density at radius 2 is 2.36 bits per heavy atom. The number of rotatable bonds is 2. The molecule has 0 N–H and O–H groups in total. The monoisotopic (exact) mass is 218 g/mol. The molecular weight excluding hydrogens is 211 g/mol. The number of hydrogen-bond donors (Lipinski definition) is 0. The maximum absolute atomic E-state index is 8.21. The molecule has 1 radical (unpaired) electrons. The summed E-state index contributed by atoms with van der Waals surface area (Å²) in [6, 6.07) is 12.6. The number of nitriles is 1. The second-order valence-corrected chi connectivity index (χ2v) is 1.93. The first-order valence-corrected chi connectivity index (χ1v) is 3.10. The van der Waals surface area contributed by atoms with Crippen molar-refractivity contribution in [3.63, 3.8) is 0 Å². The van der Waals surface area contributed by atoms with Gasteiger partial charge in [0.2, 0.25) is 0 Å². The van der Waals surface area contributed by atoms with Gasteiger partial charge in [-0.2, -0.15) is 42.3 Å². The smallest absolute Gasteiger partial charge is 0 e. The summed E-state index contributed by atoms with van der Waals surface area (Å²) in [6.07, 6.45) is 2.25. The number of nitrogens with zero attached hydrogens (tertiary/aromatic N) is 1. The van der Waals surface area contributed by atoms with Gasteiger partial charge in [-0.25, -0.2) is 5.26 Å². The zero-order valence-corrected chi connectivity index (χ0v) is 8.96. The molecule has 1 aromatic rings. The predicted molar refractivity (Wildman–Crippen MR) is 38.9 cm³/mol. The van der Waals surface area contributed by atoms with E-state index in [1.807, 2.05) is 30.3 Å². The maximum Gasteiger partial charge on any atom is 0 e. The van der Waals surface area contributed by atoms with Crippen LogP contribution in [0.5, 0.6) is 0 Å². The van der Waals surface area contributed by atoms with E-state index in [2.05, 4.69) is 6.07 Å². The van der Waals surface area contributed by atoms with Gasteiger partial charge in [0.15, 0.2) is 0 Å². The average molecular weight is 218 g/mol. The first kappa shape index (κ1) is 10.7. The SMILES string of the molecule is N#C[CH-]Cc1[c-]cccc1.[Y]. The van der Waals surface area contributed by atoms with Crippen molar-refractivity contribution in [1.82, 2.24) is 0 Å². The minimum absolute atomic E-state index is 0. The van der Waals surface area contributed by atoms with E-state index in [9.17, 15) is 0 Å². The molecule has 0 saturated heterocycles. The van der Waals surface area contributed by atoms with E-state index in [1.54, 1.807) is 6.42 Å². The van der Waals surface area contributed by atoms with Crippen LogP contribution in [0.3, 0.4) is 0 Å². The zero-order valence-electron chi connectivity index (χ0n) is 6.12. The Morgan fingerprint density at radius 1 is 1.55 bits per heavy atom. The van der Waals surface area contributed by atoms with Gasteiger partial charge in [0.25, 0.3) is 0 Å². The van der Waals surface area contributed by atoms with Gasteiger partial charge in [0.05, 0.1) is 0 Å². The molecule has 0 aliphatic carbocycles. The van der Waals surface area contributed by atoms with Crippen molar-refractivity contribution >= 4 is 0 Å². The van der Waals surface area contributed by atoms with Crippen molar-refractivity contribution in [1.29, 1.82) is 5.26 Å².